The molecule has 0 unspecified atom stereocenters. The van der Waals surface area contributed by atoms with Gasteiger partial charge in [-0.15, -0.1) is 0 Å². The molecule has 0 bridgehead atoms. The number of hydrogen-bond acceptors (Lipinski definition) is 2. The number of fused-ring (bicyclic) bond motifs is 3. The maximum atomic E-state index is 4.57. The van der Waals surface area contributed by atoms with E-state index in [9.17, 15) is 0 Å². The maximum Gasteiger partial charge on any atom is 0.0725 e. The topological polar surface area (TPSA) is 16.1 Å². The Hall–Kier alpha value is -1.57. The first-order valence-electron chi connectivity index (χ1n) is 7.26. The molecule has 1 aromatic carbocycles. The van der Waals surface area contributed by atoms with Gasteiger partial charge >= 0.3 is 0 Å². The monoisotopic (exact) mass is 254 g/mol. The summed E-state index contributed by atoms with van der Waals surface area (Å²) in [6.07, 6.45) is 3.11. The minimum absolute atomic E-state index is 0.534. The molecule has 1 aliphatic rings. The normalized spacial score (nSPS) is 14.7. The largest absolute Gasteiger partial charge is 0.368 e. The summed E-state index contributed by atoms with van der Waals surface area (Å²) in [6.45, 7) is 10.2. The molecule has 19 heavy (non-hydrogen) atoms. The zero-order valence-corrected chi connectivity index (χ0v) is 12.3. The van der Waals surface area contributed by atoms with Gasteiger partial charge in [0.2, 0.25) is 0 Å². The molecule has 0 saturated heterocycles. The number of aromatic nitrogens is 1. The fourth-order valence-corrected chi connectivity index (χ4v) is 3.18. The lowest BCUT2D eigenvalue weighted by atomic mass is 9.96. The molecule has 1 aliphatic heterocycles. The average molecular weight is 254 g/mol. The van der Waals surface area contributed by atoms with Gasteiger partial charge in [-0.3, -0.25) is 4.98 Å². The number of anilines is 1. The minimum atomic E-state index is 0.534. The van der Waals surface area contributed by atoms with Gasteiger partial charge in [0.25, 0.3) is 0 Å². The van der Waals surface area contributed by atoms with Crippen molar-refractivity contribution in [2.45, 2.75) is 46.1 Å². The first kappa shape index (κ1) is 12.5. The molecule has 0 radical (unpaired) electrons. The lowest BCUT2D eigenvalue weighted by Crippen LogP contribution is -2.28. The van der Waals surface area contributed by atoms with Crippen molar-refractivity contribution >= 4 is 16.6 Å². The van der Waals surface area contributed by atoms with Gasteiger partial charge < -0.3 is 4.90 Å². The van der Waals surface area contributed by atoms with Crippen molar-refractivity contribution in [1.82, 2.24) is 4.98 Å². The standard InChI is InChI=1S/C17H22N2/c1-11(2)14-7-9-18-15-6-5-13-8-10-19(12(3)4)17(13)16(14)15/h5-7,9,11-12H,8,10H2,1-4H3. The first-order chi connectivity index (χ1) is 9.09. The number of nitrogens with zero attached hydrogens (tertiary/aromatic N) is 2. The summed E-state index contributed by atoms with van der Waals surface area (Å²) in [5, 5.41) is 1.38. The van der Waals surface area contributed by atoms with Gasteiger partial charge in [0, 0.05) is 29.9 Å². The van der Waals surface area contributed by atoms with Crippen molar-refractivity contribution < 1.29 is 0 Å². The number of rotatable bonds is 2. The van der Waals surface area contributed by atoms with E-state index < -0.39 is 0 Å². The quantitative estimate of drug-likeness (QED) is 0.801. The summed E-state index contributed by atoms with van der Waals surface area (Å²) >= 11 is 0. The predicted octanol–water partition coefficient (Wildman–Crippen LogP) is 4.13. The molecule has 100 valence electrons. The summed E-state index contributed by atoms with van der Waals surface area (Å²) in [5.41, 5.74) is 5.48. The van der Waals surface area contributed by atoms with E-state index in [1.807, 2.05) is 6.20 Å². The van der Waals surface area contributed by atoms with E-state index in [1.165, 1.54) is 22.2 Å². The molecule has 1 aromatic heterocycles. The molecule has 2 heteroatoms. The van der Waals surface area contributed by atoms with E-state index in [0.717, 1.165) is 18.5 Å². The zero-order chi connectivity index (χ0) is 13.6. The maximum absolute atomic E-state index is 4.57. The SMILES string of the molecule is CC(C)c1ccnc2ccc3c(c12)N(C(C)C)CC3. The van der Waals surface area contributed by atoms with Gasteiger partial charge in [-0.05, 0) is 49.4 Å². The second-order valence-electron chi connectivity index (χ2n) is 6.06. The van der Waals surface area contributed by atoms with Gasteiger partial charge in [0.1, 0.15) is 0 Å². The Morgan fingerprint density at radius 2 is 1.89 bits per heavy atom. The smallest absolute Gasteiger partial charge is 0.0725 e. The third kappa shape index (κ3) is 1.90. The third-order valence-electron chi connectivity index (χ3n) is 4.15. The van der Waals surface area contributed by atoms with E-state index in [-0.39, 0.29) is 0 Å². The number of pyridine rings is 1. The molecule has 0 saturated carbocycles. The van der Waals surface area contributed by atoms with Crippen LogP contribution in [0.25, 0.3) is 10.9 Å². The van der Waals surface area contributed by atoms with Gasteiger partial charge in [0.15, 0.2) is 0 Å². The van der Waals surface area contributed by atoms with Gasteiger partial charge in [-0.25, -0.2) is 0 Å². The van der Waals surface area contributed by atoms with E-state index in [0.29, 0.717) is 12.0 Å². The van der Waals surface area contributed by atoms with Crippen molar-refractivity contribution in [3.63, 3.8) is 0 Å². The molecule has 3 rings (SSSR count). The molecule has 0 amide bonds. The highest BCUT2D eigenvalue weighted by molar-refractivity contribution is 5.97. The summed E-state index contributed by atoms with van der Waals surface area (Å²) in [5.74, 6) is 0.534. The van der Waals surface area contributed by atoms with E-state index in [1.54, 1.807) is 0 Å². The second-order valence-corrected chi connectivity index (χ2v) is 6.06. The van der Waals surface area contributed by atoms with Crippen LogP contribution in [0.2, 0.25) is 0 Å². The van der Waals surface area contributed by atoms with Crippen molar-refractivity contribution in [3.05, 3.63) is 35.5 Å². The van der Waals surface area contributed by atoms with Gasteiger partial charge in [0.05, 0.1) is 5.52 Å². The van der Waals surface area contributed by atoms with Crippen LogP contribution in [0.15, 0.2) is 24.4 Å². The molecule has 0 aliphatic carbocycles. The first-order valence-corrected chi connectivity index (χ1v) is 7.26. The Kier molecular flexibility index (Phi) is 2.96. The van der Waals surface area contributed by atoms with Crippen molar-refractivity contribution in [2.24, 2.45) is 0 Å². The average Bonchev–Trinajstić information content (AvgIpc) is 2.81. The third-order valence-corrected chi connectivity index (χ3v) is 4.15. The van der Waals surface area contributed by atoms with E-state index >= 15 is 0 Å². The van der Waals surface area contributed by atoms with Crippen molar-refractivity contribution in [1.29, 1.82) is 0 Å². The van der Waals surface area contributed by atoms with Gasteiger partial charge in [-0.1, -0.05) is 19.9 Å². The molecule has 2 heterocycles. The van der Waals surface area contributed by atoms with Crippen molar-refractivity contribution in [2.75, 3.05) is 11.4 Å². The molecular formula is C17H22N2. The summed E-state index contributed by atoms with van der Waals surface area (Å²) in [6, 6.07) is 7.18. The van der Waals surface area contributed by atoms with Crippen LogP contribution in [0, 0.1) is 0 Å². The molecule has 0 atom stereocenters. The predicted molar refractivity (Wildman–Crippen MR) is 82.0 cm³/mol. The highest BCUT2D eigenvalue weighted by atomic mass is 15.2. The summed E-state index contributed by atoms with van der Waals surface area (Å²) in [7, 11) is 0. The molecular weight excluding hydrogens is 232 g/mol. The highest BCUT2D eigenvalue weighted by Crippen LogP contribution is 2.39. The molecule has 0 fully saturated rings. The highest BCUT2D eigenvalue weighted by Gasteiger charge is 2.25. The van der Waals surface area contributed by atoms with E-state index in [2.05, 4.69) is 55.8 Å². The van der Waals surface area contributed by atoms with Crippen LogP contribution in [0.1, 0.15) is 44.7 Å². The number of benzene rings is 1. The van der Waals surface area contributed by atoms with Crippen LogP contribution < -0.4 is 4.90 Å². The Morgan fingerprint density at radius 1 is 1.11 bits per heavy atom. The van der Waals surface area contributed by atoms with Crippen LogP contribution in [-0.4, -0.2) is 17.6 Å². The molecule has 0 N–H and O–H groups in total. The fraction of sp³-hybridized carbons (Fsp3) is 0.471. The second kappa shape index (κ2) is 4.52. The van der Waals surface area contributed by atoms with Gasteiger partial charge in [-0.2, -0.15) is 0 Å². The van der Waals surface area contributed by atoms with Crippen LogP contribution in [0.4, 0.5) is 5.69 Å². The van der Waals surface area contributed by atoms with Crippen LogP contribution in [-0.2, 0) is 6.42 Å². The zero-order valence-electron chi connectivity index (χ0n) is 12.3. The lowest BCUT2D eigenvalue weighted by molar-refractivity contribution is 0.711. The Morgan fingerprint density at radius 3 is 2.58 bits per heavy atom. The fourth-order valence-electron chi connectivity index (χ4n) is 3.18. The minimum Gasteiger partial charge on any atom is -0.368 e. The van der Waals surface area contributed by atoms with Crippen LogP contribution in [0.5, 0.6) is 0 Å². The Balaban J connectivity index is 2.34. The van der Waals surface area contributed by atoms with Crippen LogP contribution >= 0.6 is 0 Å². The van der Waals surface area contributed by atoms with E-state index in [4.69, 9.17) is 0 Å². The Labute approximate surface area is 115 Å². The Bertz CT molecular complexity index is 614. The molecule has 0 spiro atoms. The summed E-state index contributed by atoms with van der Waals surface area (Å²) < 4.78 is 0. The lowest BCUT2D eigenvalue weighted by Gasteiger charge is -2.26. The molecule has 2 nitrogen and oxygen atoms in total. The number of hydrogen-bond donors (Lipinski definition) is 0. The molecule has 2 aromatic rings. The van der Waals surface area contributed by atoms with Crippen molar-refractivity contribution in [3.8, 4) is 0 Å². The summed E-state index contributed by atoms with van der Waals surface area (Å²) in [4.78, 5) is 7.10. The van der Waals surface area contributed by atoms with Crippen LogP contribution in [0.3, 0.4) is 0 Å².